The molecule has 2 rings (SSSR count). The van der Waals surface area contributed by atoms with Gasteiger partial charge in [-0.25, -0.2) is 9.78 Å². The van der Waals surface area contributed by atoms with Crippen molar-refractivity contribution in [1.29, 1.82) is 0 Å². The van der Waals surface area contributed by atoms with E-state index < -0.39 is 6.04 Å². The molecule has 1 aromatic heterocycles. The first-order valence-electron chi connectivity index (χ1n) is 5.36. The first-order valence-corrected chi connectivity index (χ1v) is 5.36. The average Bonchev–Trinajstić information content (AvgIpc) is 2.62. The molecular weight excluding hydrogens is 218 g/mol. The van der Waals surface area contributed by atoms with Gasteiger partial charge in [-0.1, -0.05) is 6.07 Å². The third-order valence-electron chi connectivity index (χ3n) is 2.80. The summed E-state index contributed by atoms with van der Waals surface area (Å²) < 4.78 is 6.42. The molecule has 5 heteroatoms. The van der Waals surface area contributed by atoms with E-state index in [-0.39, 0.29) is 5.97 Å². The number of benzene rings is 1. The molecule has 5 nitrogen and oxygen atoms in total. The molecule has 0 aliphatic heterocycles. The van der Waals surface area contributed by atoms with Crippen LogP contribution in [0.15, 0.2) is 18.2 Å². The molecule has 1 aromatic carbocycles. The summed E-state index contributed by atoms with van der Waals surface area (Å²) in [5.41, 5.74) is 8.56. The van der Waals surface area contributed by atoms with Crippen molar-refractivity contribution in [2.45, 2.75) is 19.9 Å². The summed E-state index contributed by atoms with van der Waals surface area (Å²) >= 11 is 0. The second-order valence-corrected chi connectivity index (χ2v) is 4.03. The molecule has 0 aliphatic rings. The second kappa shape index (κ2) is 4.08. The lowest BCUT2D eigenvalue weighted by molar-refractivity contribution is -0.143. The topological polar surface area (TPSA) is 70.1 Å². The van der Waals surface area contributed by atoms with Gasteiger partial charge in [-0.15, -0.1) is 0 Å². The molecule has 17 heavy (non-hydrogen) atoms. The van der Waals surface area contributed by atoms with Crippen molar-refractivity contribution in [3.05, 3.63) is 23.8 Å². The molecule has 2 aromatic rings. The van der Waals surface area contributed by atoms with E-state index in [9.17, 15) is 4.79 Å². The molecule has 0 saturated carbocycles. The highest BCUT2D eigenvalue weighted by atomic mass is 16.5. The predicted molar refractivity (Wildman–Crippen MR) is 65.6 cm³/mol. The van der Waals surface area contributed by atoms with E-state index in [1.807, 2.05) is 25.1 Å². The SMILES string of the molecule is COC(=O)C(C)n1c(N)nc2ccc(C)cc21. The van der Waals surface area contributed by atoms with Crippen LogP contribution in [0.2, 0.25) is 0 Å². The van der Waals surface area contributed by atoms with Gasteiger partial charge in [-0.2, -0.15) is 0 Å². The maximum atomic E-state index is 11.6. The molecule has 0 radical (unpaired) electrons. The Bertz CT molecular complexity index is 574. The predicted octanol–water partition coefficient (Wildman–Crippen LogP) is 1.66. The normalized spacial score (nSPS) is 12.6. The van der Waals surface area contributed by atoms with Crippen molar-refractivity contribution in [3.63, 3.8) is 0 Å². The van der Waals surface area contributed by atoms with Crippen molar-refractivity contribution in [2.75, 3.05) is 12.8 Å². The summed E-state index contributed by atoms with van der Waals surface area (Å²) in [6, 6.07) is 5.33. The minimum Gasteiger partial charge on any atom is -0.467 e. The molecule has 90 valence electrons. The first-order chi connectivity index (χ1) is 8.04. The number of aryl methyl sites for hydroxylation is 1. The minimum absolute atomic E-state index is 0.323. The zero-order valence-electron chi connectivity index (χ0n) is 10.1. The van der Waals surface area contributed by atoms with Crippen LogP contribution >= 0.6 is 0 Å². The molecule has 0 fully saturated rings. The van der Waals surface area contributed by atoms with Crippen LogP contribution in [-0.4, -0.2) is 22.6 Å². The highest BCUT2D eigenvalue weighted by Crippen LogP contribution is 2.24. The number of anilines is 1. The lowest BCUT2D eigenvalue weighted by atomic mass is 10.2. The number of nitrogen functional groups attached to an aromatic ring is 1. The Hall–Kier alpha value is -2.04. The first kappa shape index (κ1) is 11.4. The zero-order chi connectivity index (χ0) is 12.6. The Morgan fingerprint density at radius 1 is 1.53 bits per heavy atom. The Kier molecular flexibility index (Phi) is 2.75. The number of rotatable bonds is 2. The van der Waals surface area contributed by atoms with Crippen molar-refractivity contribution in [3.8, 4) is 0 Å². The van der Waals surface area contributed by atoms with Crippen LogP contribution in [0.3, 0.4) is 0 Å². The monoisotopic (exact) mass is 233 g/mol. The van der Waals surface area contributed by atoms with Gasteiger partial charge >= 0.3 is 5.97 Å². The molecule has 0 amide bonds. The minimum atomic E-state index is -0.480. The number of hydrogen-bond donors (Lipinski definition) is 1. The highest BCUT2D eigenvalue weighted by molar-refractivity contribution is 5.83. The quantitative estimate of drug-likeness (QED) is 0.801. The van der Waals surface area contributed by atoms with Gasteiger partial charge in [0.05, 0.1) is 18.1 Å². The largest absolute Gasteiger partial charge is 0.467 e. The lowest BCUT2D eigenvalue weighted by Crippen LogP contribution is -2.19. The fourth-order valence-electron chi connectivity index (χ4n) is 1.90. The number of carbonyl (C=O) groups excluding carboxylic acids is 1. The van der Waals surface area contributed by atoms with E-state index in [2.05, 4.69) is 4.98 Å². The number of hydrogen-bond acceptors (Lipinski definition) is 4. The summed E-state index contributed by atoms with van der Waals surface area (Å²) in [7, 11) is 1.36. The zero-order valence-corrected chi connectivity index (χ0v) is 10.1. The summed E-state index contributed by atoms with van der Waals surface area (Å²) in [6.45, 7) is 3.72. The molecular formula is C12H15N3O2. The maximum absolute atomic E-state index is 11.6. The van der Waals surface area contributed by atoms with E-state index in [1.165, 1.54) is 7.11 Å². The molecule has 1 heterocycles. The van der Waals surface area contributed by atoms with Gasteiger partial charge < -0.3 is 10.5 Å². The fraction of sp³-hybridized carbons (Fsp3) is 0.333. The van der Waals surface area contributed by atoms with Crippen molar-refractivity contribution >= 4 is 23.0 Å². The summed E-state index contributed by atoms with van der Waals surface area (Å²) in [4.78, 5) is 15.8. The Labute approximate surface area is 99.2 Å². The number of imidazole rings is 1. The van der Waals surface area contributed by atoms with E-state index >= 15 is 0 Å². The smallest absolute Gasteiger partial charge is 0.328 e. The molecule has 2 N–H and O–H groups in total. The summed E-state index contributed by atoms with van der Waals surface area (Å²) in [5, 5.41) is 0. The molecule has 0 saturated heterocycles. The molecule has 1 atom stereocenters. The number of esters is 1. The van der Waals surface area contributed by atoms with Crippen molar-refractivity contribution < 1.29 is 9.53 Å². The van der Waals surface area contributed by atoms with Crippen LogP contribution < -0.4 is 5.73 Å². The van der Waals surface area contributed by atoms with Crippen molar-refractivity contribution in [2.24, 2.45) is 0 Å². The fourth-order valence-corrected chi connectivity index (χ4v) is 1.90. The average molecular weight is 233 g/mol. The standard InChI is InChI=1S/C12H15N3O2/c1-7-4-5-9-10(6-7)15(12(13)14-9)8(2)11(16)17-3/h4-6,8H,1-3H3,(H2,13,14). The Balaban J connectivity index is 2.63. The number of nitrogens with zero attached hydrogens (tertiary/aromatic N) is 2. The third-order valence-corrected chi connectivity index (χ3v) is 2.80. The molecule has 0 bridgehead atoms. The van der Waals surface area contributed by atoms with Crippen LogP contribution in [-0.2, 0) is 9.53 Å². The Morgan fingerprint density at radius 3 is 2.88 bits per heavy atom. The van der Waals surface area contributed by atoms with Crippen LogP contribution in [0.25, 0.3) is 11.0 Å². The number of ether oxygens (including phenoxy) is 1. The van der Waals surface area contributed by atoms with Gasteiger partial charge in [-0.3, -0.25) is 4.57 Å². The molecule has 0 spiro atoms. The number of aromatic nitrogens is 2. The number of nitrogens with two attached hydrogens (primary N) is 1. The van der Waals surface area contributed by atoms with Gasteiger partial charge in [0, 0.05) is 0 Å². The number of methoxy groups -OCH3 is 1. The number of carbonyl (C=O) groups is 1. The lowest BCUT2D eigenvalue weighted by Gasteiger charge is -2.13. The van der Waals surface area contributed by atoms with E-state index in [4.69, 9.17) is 10.5 Å². The molecule has 0 aliphatic carbocycles. The third kappa shape index (κ3) is 1.84. The van der Waals surface area contributed by atoms with Gasteiger partial charge in [-0.05, 0) is 31.5 Å². The maximum Gasteiger partial charge on any atom is 0.328 e. The Morgan fingerprint density at radius 2 is 2.24 bits per heavy atom. The molecule has 1 unspecified atom stereocenters. The van der Waals surface area contributed by atoms with E-state index in [0.717, 1.165) is 16.6 Å². The van der Waals surface area contributed by atoms with Crippen LogP contribution in [0.4, 0.5) is 5.95 Å². The number of fused-ring (bicyclic) bond motifs is 1. The van der Waals surface area contributed by atoms with Crippen LogP contribution in [0.1, 0.15) is 18.5 Å². The second-order valence-electron chi connectivity index (χ2n) is 4.03. The van der Waals surface area contributed by atoms with E-state index in [0.29, 0.717) is 5.95 Å². The summed E-state index contributed by atoms with van der Waals surface area (Å²) in [5.74, 6) is -0.0130. The highest BCUT2D eigenvalue weighted by Gasteiger charge is 2.20. The van der Waals surface area contributed by atoms with Crippen molar-refractivity contribution in [1.82, 2.24) is 9.55 Å². The van der Waals surface area contributed by atoms with Crippen LogP contribution in [0, 0.1) is 6.92 Å². The van der Waals surface area contributed by atoms with Gasteiger partial charge in [0.15, 0.2) is 0 Å². The van der Waals surface area contributed by atoms with E-state index in [1.54, 1.807) is 11.5 Å². The van der Waals surface area contributed by atoms with Gasteiger partial charge in [0.25, 0.3) is 0 Å². The van der Waals surface area contributed by atoms with Gasteiger partial charge in [0.2, 0.25) is 5.95 Å². The van der Waals surface area contributed by atoms with Gasteiger partial charge in [0.1, 0.15) is 6.04 Å². The van der Waals surface area contributed by atoms with Crippen LogP contribution in [0.5, 0.6) is 0 Å². The summed E-state index contributed by atoms with van der Waals surface area (Å²) in [6.07, 6.45) is 0.